The monoisotopic (exact) mass is 534 g/mol. The maximum absolute atomic E-state index is 15.0. The molecule has 2 atom stereocenters. The molecule has 1 aromatic carbocycles. The predicted molar refractivity (Wildman–Crippen MR) is 103 cm³/mol. The van der Waals surface area contributed by atoms with Crippen LogP contribution in [0.15, 0.2) is 60.5 Å². The summed E-state index contributed by atoms with van der Waals surface area (Å²) >= 11 is 5.62. The summed E-state index contributed by atoms with van der Waals surface area (Å²) in [5.74, 6) is -2.78. The predicted octanol–water partition coefficient (Wildman–Crippen LogP) is 5.08. The molecule has 3 rings (SSSR count). The highest BCUT2D eigenvalue weighted by Crippen LogP contribution is 2.58. The molecular weight excluding hydrogens is 523 g/mol. The Bertz CT molecular complexity index is 1180. The molecule has 2 aromatic rings. The van der Waals surface area contributed by atoms with Crippen molar-refractivity contribution in [3.63, 3.8) is 0 Å². The Morgan fingerprint density at radius 2 is 1.74 bits per heavy atom. The van der Waals surface area contributed by atoms with Crippen LogP contribution in [0.5, 0.6) is 0 Å². The summed E-state index contributed by atoms with van der Waals surface area (Å²) in [6, 6.07) is 2.88. The number of fused-ring (bicyclic) bond motifs is 1. The van der Waals surface area contributed by atoms with Crippen molar-refractivity contribution in [3.8, 4) is 0 Å². The Morgan fingerprint density at radius 3 is 2.31 bits per heavy atom. The summed E-state index contributed by atoms with van der Waals surface area (Å²) in [5, 5.41) is 13.5. The lowest BCUT2D eigenvalue weighted by Crippen LogP contribution is -2.72. The molecule has 0 radical (unpaired) electrons. The number of benzene rings is 1. The minimum Gasteiger partial charge on any atom is -0.618 e. The van der Waals surface area contributed by atoms with Gasteiger partial charge in [-0.25, -0.2) is 4.39 Å². The van der Waals surface area contributed by atoms with Crippen LogP contribution in [0.25, 0.3) is 10.9 Å². The molecule has 190 valence electrons. The van der Waals surface area contributed by atoms with Gasteiger partial charge in [-0.3, -0.25) is 4.79 Å². The standard InChI is InChI=1S/C20H12ClF9N2O3/c21-17(18(24,19(25,26)27)20(28,29)30)7-1-4-13(35-16(22)23)14(17)31-15(33)11-5-6-12-10(9-11)3-2-8-32(12)34/h1-9,14,16H,(H,31,33). The summed E-state index contributed by atoms with van der Waals surface area (Å²) in [4.78, 5) is 8.52. The molecular formula is C20H12ClF9N2O3. The van der Waals surface area contributed by atoms with E-state index in [1.54, 1.807) is 5.32 Å². The zero-order chi connectivity index (χ0) is 26.4. The van der Waals surface area contributed by atoms with Gasteiger partial charge in [-0.2, -0.15) is 39.9 Å². The lowest BCUT2D eigenvalue weighted by Gasteiger charge is -2.46. The number of alkyl halides is 10. The highest BCUT2D eigenvalue weighted by atomic mass is 35.5. The maximum Gasteiger partial charge on any atom is 0.433 e. The Balaban J connectivity index is 2.12. The fourth-order valence-corrected chi connectivity index (χ4v) is 3.98. The van der Waals surface area contributed by atoms with Crippen LogP contribution in [-0.4, -0.2) is 41.5 Å². The minimum atomic E-state index is -6.70. The van der Waals surface area contributed by atoms with E-state index in [-0.39, 0.29) is 17.0 Å². The molecule has 1 aromatic heterocycles. The number of carbonyl (C=O) groups is 1. The van der Waals surface area contributed by atoms with Crippen LogP contribution < -0.4 is 10.0 Å². The molecule has 0 saturated heterocycles. The number of pyridine rings is 1. The lowest BCUT2D eigenvalue weighted by atomic mass is 9.77. The SMILES string of the molecule is O=C(NC1C(OC(F)F)=CC=CC1(Cl)C(F)(C(F)(F)F)C(F)(F)F)c1ccc2c(ccc[n+]2[O-])c1. The number of amides is 1. The van der Waals surface area contributed by atoms with E-state index < -0.39 is 52.8 Å². The van der Waals surface area contributed by atoms with Crippen LogP contribution in [0.2, 0.25) is 0 Å². The number of ether oxygens (including phenoxy) is 1. The second-order valence-corrected chi connectivity index (χ2v) is 7.87. The molecule has 15 heteroatoms. The number of hydrogen-bond acceptors (Lipinski definition) is 3. The van der Waals surface area contributed by atoms with Crippen molar-refractivity contribution in [2.24, 2.45) is 0 Å². The molecule has 0 spiro atoms. The molecule has 0 aliphatic heterocycles. The quantitative estimate of drug-likeness (QED) is 0.252. The fourth-order valence-electron chi connectivity index (χ4n) is 3.53. The van der Waals surface area contributed by atoms with Crippen LogP contribution in [0.1, 0.15) is 10.4 Å². The van der Waals surface area contributed by atoms with Crippen molar-refractivity contribution in [2.75, 3.05) is 0 Å². The Kier molecular flexibility index (Phi) is 6.65. The highest BCUT2D eigenvalue weighted by molar-refractivity contribution is 6.27. The zero-order valence-electron chi connectivity index (χ0n) is 16.8. The Morgan fingerprint density at radius 1 is 1.11 bits per heavy atom. The Labute approximate surface area is 195 Å². The van der Waals surface area contributed by atoms with E-state index in [4.69, 9.17) is 11.6 Å². The van der Waals surface area contributed by atoms with Crippen LogP contribution in [0.4, 0.5) is 39.5 Å². The Hall–Kier alpha value is -3.16. The van der Waals surface area contributed by atoms with Gasteiger partial charge in [0.25, 0.3) is 5.91 Å². The smallest absolute Gasteiger partial charge is 0.433 e. The molecule has 0 bridgehead atoms. The third kappa shape index (κ3) is 4.46. The van der Waals surface area contributed by atoms with Gasteiger partial charge < -0.3 is 15.3 Å². The lowest BCUT2D eigenvalue weighted by molar-refractivity contribution is -0.577. The molecule has 1 aliphatic rings. The van der Waals surface area contributed by atoms with Gasteiger partial charge in [-0.05, 0) is 24.3 Å². The van der Waals surface area contributed by atoms with E-state index in [9.17, 15) is 45.1 Å². The first kappa shape index (κ1) is 26.4. The van der Waals surface area contributed by atoms with Crippen LogP contribution >= 0.6 is 11.6 Å². The molecule has 1 heterocycles. The van der Waals surface area contributed by atoms with Crippen molar-refractivity contribution in [1.29, 1.82) is 0 Å². The third-order valence-electron chi connectivity index (χ3n) is 5.14. The number of rotatable bonds is 5. The van der Waals surface area contributed by atoms with Gasteiger partial charge >= 0.3 is 24.6 Å². The van der Waals surface area contributed by atoms with Crippen LogP contribution in [-0.2, 0) is 4.74 Å². The number of allylic oxidation sites excluding steroid dienone is 2. The van der Waals surface area contributed by atoms with Gasteiger partial charge in [-0.15, -0.1) is 11.6 Å². The summed E-state index contributed by atoms with van der Waals surface area (Å²) in [5.41, 5.74) is -6.59. The second-order valence-electron chi connectivity index (χ2n) is 7.24. The van der Waals surface area contributed by atoms with Crippen molar-refractivity contribution >= 4 is 28.4 Å². The van der Waals surface area contributed by atoms with Crippen LogP contribution in [0, 0.1) is 5.21 Å². The van der Waals surface area contributed by atoms with Gasteiger partial charge in [0.2, 0.25) is 5.52 Å². The van der Waals surface area contributed by atoms with Crippen molar-refractivity contribution < 1.29 is 53.8 Å². The van der Waals surface area contributed by atoms with Crippen molar-refractivity contribution in [2.45, 2.75) is 35.5 Å². The van der Waals surface area contributed by atoms with E-state index in [1.165, 1.54) is 12.1 Å². The first-order chi connectivity index (χ1) is 16.0. The summed E-state index contributed by atoms with van der Waals surface area (Å²) < 4.78 is 126. The fraction of sp³-hybridized carbons (Fsp3) is 0.300. The van der Waals surface area contributed by atoms with Gasteiger partial charge in [0.1, 0.15) is 16.7 Å². The highest BCUT2D eigenvalue weighted by Gasteiger charge is 2.83. The number of carbonyl (C=O) groups excluding carboxylic acids is 1. The van der Waals surface area contributed by atoms with E-state index in [0.717, 1.165) is 24.4 Å². The molecule has 1 aliphatic carbocycles. The number of halogens is 10. The van der Waals surface area contributed by atoms with Gasteiger partial charge in [0.05, 0.1) is 0 Å². The summed E-state index contributed by atoms with van der Waals surface area (Å²) in [6.45, 7) is -3.77. The van der Waals surface area contributed by atoms with Gasteiger partial charge in [0, 0.05) is 23.1 Å². The first-order valence-electron chi connectivity index (χ1n) is 9.31. The number of aromatic nitrogens is 1. The van der Waals surface area contributed by atoms with E-state index in [1.807, 2.05) is 0 Å². The normalized spacial score (nSPS) is 21.2. The maximum atomic E-state index is 15.0. The summed E-state index contributed by atoms with van der Waals surface area (Å²) in [6.07, 6.45) is -11.5. The second kappa shape index (κ2) is 8.81. The van der Waals surface area contributed by atoms with Gasteiger partial charge in [-0.1, -0.05) is 12.2 Å². The third-order valence-corrected chi connectivity index (χ3v) is 5.74. The molecule has 35 heavy (non-hydrogen) atoms. The molecule has 2 unspecified atom stereocenters. The first-order valence-corrected chi connectivity index (χ1v) is 9.69. The molecule has 5 nitrogen and oxygen atoms in total. The van der Waals surface area contributed by atoms with E-state index >= 15 is 4.39 Å². The van der Waals surface area contributed by atoms with E-state index in [0.29, 0.717) is 16.9 Å². The topological polar surface area (TPSA) is 65.3 Å². The van der Waals surface area contributed by atoms with Crippen molar-refractivity contribution in [3.05, 3.63) is 71.3 Å². The molecule has 0 saturated carbocycles. The van der Waals surface area contributed by atoms with E-state index in [2.05, 4.69) is 4.74 Å². The molecule has 1 amide bonds. The number of nitrogens with one attached hydrogen (secondary N) is 1. The largest absolute Gasteiger partial charge is 0.618 e. The molecule has 0 fully saturated rings. The number of hydrogen-bond donors (Lipinski definition) is 1. The zero-order valence-corrected chi connectivity index (χ0v) is 17.6. The molecule has 1 N–H and O–H groups in total. The average molecular weight is 535 g/mol. The number of nitrogens with zero attached hydrogens (tertiary/aromatic N) is 1. The minimum absolute atomic E-state index is 0.0508. The van der Waals surface area contributed by atoms with Gasteiger partial charge in [0.15, 0.2) is 6.20 Å². The van der Waals surface area contributed by atoms with Crippen molar-refractivity contribution in [1.82, 2.24) is 5.32 Å². The summed E-state index contributed by atoms with van der Waals surface area (Å²) in [7, 11) is 0. The van der Waals surface area contributed by atoms with Crippen LogP contribution in [0.3, 0.4) is 0 Å². The average Bonchev–Trinajstić information content (AvgIpc) is 2.73.